The summed E-state index contributed by atoms with van der Waals surface area (Å²) in [5, 5.41) is 0.652. The molecule has 2 N–H and O–H groups in total. The average molecular weight is 291 g/mol. The number of nitrogens with two attached hydrogens (primary N) is 1. The third kappa shape index (κ3) is 3.50. The van der Waals surface area contributed by atoms with Crippen LogP contribution >= 0.6 is 11.6 Å². The fraction of sp³-hybridized carbons (Fsp3) is 0.312. The van der Waals surface area contributed by atoms with Crippen molar-refractivity contribution >= 4 is 11.6 Å². The molecule has 0 saturated heterocycles. The first kappa shape index (κ1) is 14.8. The number of benzene rings is 1. The van der Waals surface area contributed by atoms with Gasteiger partial charge in [-0.25, -0.2) is 0 Å². The van der Waals surface area contributed by atoms with Gasteiger partial charge < -0.3 is 10.5 Å². The molecule has 0 fully saturated rings. The van der Waals surface area contributed by atoms with Crippen molar-refractivity contribution in [3.05, 3.63) is 52.3 Å². The van der Waals surface area contributed by atoms with Crippen LogP contribution in [0, 0.1) is 6.92 Å². The minimum absolute atomic E-state index is 0.574. The van der Waals surface area contributed by atoms with Gasteiger partial charge in [-0.05, 0) is 56.1 Å². The smallest absolute Gasteiger partial charge is 0.148 e. The highest BCUT2D eigenvalue weighted by molar-refractivity contribution is 6.30. The molecule has 0 spiro atoms. The molecule has 1 heterocycles. The number of ether oxygens (including phenoxy) is 1. The molecule has 0 atom stereocenters. The van der Waals surface area contributed by atoms with Crippen LogP contribution in [0.2, 0.25) is 5.02 Å². The van der Waals surface area contributed by atoms with E-state index in [1.165, 1.54) is 0 Å². The fourth-order valence-electron chi connectivity index (χ4n) is 2.05. The Kier molecular flexibility index (Phi) is 4.99. The third-order valence-corrected chi connectivity index (χ3v) is 3.30. The Hall–Kier alpha value is -1.58. The van der Waals surface area contributed by atoms with E-state index in [1.807, 2.05) is 37.3 Å². The van der Waals surface area contributed by atoms with Gasteiger partial charge in [-0.1, -0.05) is 24.6 Å². The summed E-state index contributed by atoms with van der Waals surface area (Å²) >= 11 is 6.06. The lowest BCUT2D eigenvalue weighted by atomic mass is 10.1. The van der Waals surface area contributed by atoms with Gasteiger partial charge in [0.1, 0.15) is 11.5 Å². The zero-order chi connectivity index (χ0) is 14.5. The van der Waals surface area contributed by atoms with E-state index in [1.54, 1.807) is 0 Å². The molecule has 0 amide bonds. The van der Waals surface area contributed by atoms with E-state index in [9.17, 15) is 0 Å². The second-order valence-corrected chi connectivity index (χ2v) is 5.08. The van der Waals surface area contributed by atoms with Gasteiger partial charge in [0.25, 0.3) is 0 Å². The number of pyridine rings is 1. The Morgan fingerprint density at radius 1 is 1.20 bits per heavy atom. The molecule has 0 aliphatic heterocycles. The number of aryl methyl sites for hydroxylation is 2. The lowest BCUT2D eigenvalue weighted by molar-refractivity contribution is 0.467. The second-order valence-electron chi connectivity index (χ2n) is 4.64. The molecule has 4 heteroatoms. The van der Waals surface area contributed by atoms with Crippen molar-refractivity contribution in [2.45, 2.75) is 26.7 Å². The van der Waals surface area contributed by atoms with Crippen molar-refractivity contribution < 1.29 is 4.74 Å². The van der Waals surface area contributed by atoms with Gasteiger partial charge in [0.2, 0.25) is 0 Å². The third-order valence-electron chi connectivity index (χ3n) is 3.07. The topological polar surface area (TPSA) is 48.1 Å². The molecule has 2 rings (SSSR count). The van der Waals surface area contributed by atoms with Crippen LogP contribution in [-0.2, 0) is 12.8 Å². The first-order valence-corrected chi connectivity index (χ1v) is 7.14. The van der Waals surface area contributed by atoms with Crippen molar-refractivity contribution in [1.29, 1.82) is 0 Å². The van der Waals surface area contributed by atoms with E-state index in [0.717, 1.165) is 41.3 Å². The monoisotopic (exact) mass is 290 g/mol. The zero-order valence-electron chi connectivity index (χ0n) is 11.8. The molecule has 1 aromatic carbocycles. The molecule has 3 nitrogen and oxygen atoms in total. The van der Waals surface area contributed by atoms with Crippen LogP contribution in [0.4, 0.5) is 0 Å². The van der Waals surface area contributed by atoms with Gasteiger partial charge in [-0.15, -0.1) is 0 Å². The number of nitrogens with zero attached hydrogens (tertiary/aromatic N) is 1. The molecule has 0 aliphatic carbocycles. The van der Waals surface area contributed by atoms with Crippen molar-refractivity contribution in [3.63, 3.8) is 0 Å². The SMILES string of the molecule is CCc1nc(C)ccc1Oc1cc(Cl)ccc1CCN. The van der Waals surface area contributed by atoms with E-state index < -0.39 is 0 Å². The van der Waals surface area contributed by atoms with E-state index in [-0.39, 0.29) is 0 Å². The summed E-state index contributed by atoms with van der Waals surface area (Å²) in [6.07, 6.45) is 1.58. The number of hydrogen-bond donors (Lipinski definition) is 1. The molecule has 2 aromatic rings. The quantitative estimate of drug-likeness (QED) is 0.908. The Bertz CT molecular complexity index is 599. The Balaban J connectivity index is 2.36. The van der Waals surface area contributed by atoms with Crippen molar-refractivity contribution in [1.82, 2.24) is 4.98 Å². The predicted octanol–water partition coefficient (Wildman–Crippen LogP) is 3.90. The summed E-state index contributed by atoms with van der Waals surface area (Å²) in [6, 6.07) is 9.53. The van der Waals surface area contributed by atoms with Crippen LogP contribution in [0.5, 0.6) is 11.5 Å². The summed E-state index contributed by atoms with van der Waals surface area (Å²) in [5.41, 5.74) is 8.63. The molecule has 1 aromatic heterocycles. The average Bonchev–Trinajstić information content (AvgIpc) is 2.44. The molecular weight excluding hydrogens is 272 g/mol. The zero-order valence-corrected chi connectivity index (χ0v) is 12.6. The number of hydrogen-bond acceptors (Lipinski definition) is 3. The Morgan fingerprint density at radius 2 is 2.00 bits per heavy atom. The largest absolute Gasteiger partial charge is 0.455 e. The maximum atomic E-state index is 6.06. The summed E-state index contributed by atoms with van der Waals surface area (Å²) < 4.78 is 6.02. The van der Waals surface area contributed by atoms with E-state index in [2.05, 4.69) is 11.9 Å². The van der Waals surface area contributed by atoms with Crippen LogP contribution in [0.1, 0.15) is 23.9 Å². The van der Waals surface area contributed by atoms with Crippen molar-refractivity contribution in [3.8, 4) is 11.5 Å². The van der Waals surface area contributed by atoms with Gasteiger partial charge >= 0.3 is 0 Å². The summed E-state index contributed by atoms with van der Waals surface area (Å²) in [6.45, 7) is 4.61. The van der Waals surface area contributed by atoms with Gasteiger partial charge in [0.15, 0.2) is 0 Å². The highest BCUT2D eigenvalue weighted by atomic mass is 35.5. The van der Waals surface area contributed by atoms with Crippen molar-refractivity contribution in [2.75, 3.05) is 6.54 Å². The van der Waals surface area contributed by atoms with Crippen LogP contribution in [0.3, 0.4) is 0 Å². The van der Waals surface area contributed by atoms with Gasteiger partial charge in [0, 0.05) is 10.7 Å². The summed E-state index contributed by atoms with van der Waals surface area (Å²) in [5.74, 6) is 1.53. The molecule has 106 valence electrons. The number of aromatic nitrogens is 1. The van der Waals surface area contributed by atoms with Crippen LogP contribution in [0.25, 0.3) is 0 Å². The van der Waals surface area contributed by atoms with Crippen LogP contribution in [0.15, 0.2) is 30.3 Å². The highest BCUT2D eigenvalue weighted by Gasteiger charge is 2.09. The summed E-state index contributed by atoms with van der Waals surface area (Å²) in [7, 11) is 0. The van der Waals surface area contributed by atoms with Gasteiger partial charge in [-0.2, -0.15) is 0 Å². The van der Waals surface area contributed by atoms with Crippen LogP contribution < -0.4 is 10.5 Å². The molecular formula is C16H19ClN2O. The molecule has 0 radical (unpaired) electrons. The maximum absolute atomic E-state index is 6.06. The van der Waals surface area contributed by atoms with E-state index in [0.29, 0.717) is 11.6 Å². The van der Waals surface area contributed by atoms with Gasteiger partial charge in [0.05, 0.1) is 5.69 Å². The Labute approximate surface area is 124 Å². The van der Waals surface area contributed by atoms with E-state index in [4.69, 9.17) is 22.1 Å². The lowest BCUT2D eigenvalue weighted by Crippen LogP contribution is -2.04. The molecule has 0 bridgehead atoms. The first-order chi connectivity index (χ1) is 9.63. The number of rotatable bonds is 5. The fourth-order valence-corrected chi connectivity index (χ4v) is 2.21. The first-order valence-electron chi connectivity index (χ1n) is 6.77. The summed E-state index contributed by atoms with van der Waals surface area (Å²) in [4.78, 5) is 4.50. The number of halogens is 1. The Morgan fingerprint density at radius 3 is 2.70 bits per heavy atom. The standard InChI is InChI=1S/C16H19ClN2O/c1-3-14-15(7-4-11(2)19-14)20-16-10-13(17)6-5-12(16)8-9-18/h4-7,10H,3,8-9,18H2,1-2H3. The molecule has 20 heavy (non-hydrogen) atoms. The molecule has 0 saturated carbocycles. The van der Waals surface area contributed by atoms with Gasteiger partial charge in [-0.3, -0.25) is 4.98 Å². The minimum atomic E-state index is 0.574. The minimum Gasteiger partial charge on any atom is -0.455 e. The second kappa shape index (κ2) is 6.73. The predicted molar refractivity (Wildman–Crippen MR) is 82.6 cm³/mol. The van der Waals surface area contributed by atoms with Crippen molar-refractivity contribution in [2.24, 2.45) is 5.73 Å². The van der Waals surface area contributed by atoms with Crippen LogP contribution in [-0.4, -0.2) is 11.5 Å². The van der Waals surface area contributed by atoms with E-state index >= 15 is 0 Å². The maximum Gasteiger partial charge on any atom is 0.148 e. The highest BCUT2D eigenvalue weighted by Crippen LogP contribution is 2.30. The molecule has 0 aliphatic rings. The lowest BCUT2D eigenvalue weighted by Gasteiger charge is -2.13. The normalized spacial score (nSPS) is 10.6. The molecule has 0 unspecified atom stereocenters.